The maximum atomic E-state index is 13.3. The first-order chi connectivity index (χ1) is 15.2. The highest BCUT2D eigenvalue weighted by atomic mass is 16.2. The molecule has 0 bridgehead atoms. The first-order valence-corrected chi connectivity index (χ1v) is 10.2. The number of para-hydroxylation sites is 1. The summed E-state index contributed by atoms with van der Waals surface area (Å²) in [5.74, 6) is -0.996. The molecule has 6 heteroatoms. The molecule has 1 atom stereocenters. The van der Waals surface area contributed by atoms with Crippen molar-refractivity contribution in [1.29, 1.82) is 0 Å². The molecule has 152 valence electrons. The molecule has 5 rings (SSSR count). The third-order valence-electron chi connectivity index (χ3n) is 5.53. The molecule has 2 aromatic carbocycles. The normalized spacial score (nSPS) is 16.3. The number of fused-ring (bicyclic) bond motifs is 2. The molecule has 1 N–H and O–H groups in total. The van der Waals surface area contributed by atoms with Crippen LogP contribution < -0.4 is 4.90 Å². The smallest absolute Gasteiger partial charge is 0.266 e. The Morgan fingerprint density at radius 3 is 2.68 bits per heavy atom. The summed E-state index contributed by atoms with van der Waals surface area (Å²) in [6.45, 7) is 0.547. The highest BCUT2D eigenvalue weighted by molar-refractivity contribution is 6.28. The molecule has 0 aliphatic carbocycles. The number of anilines is 1. The number of hydrogen-bond donors (Lipinski definition) is 1. The van der Waals surface area contributed by atoms with Crippen LogP contribution in [-0.2, 0) is 11.2 Å². The molecule has 3 heterocycles. The molecule has 0 spiro atoms. The van der Waals surface area contributed by atoms with Crippen molar-refractivity contribution in [3.8, 4) is 0 Å². The van der Waals surface area contributed by atoms with Crippen LogP contribution in [-0.4, -0.2) is 34.5 Å². The largest absolute Gasteiger partial charge is 0.361 e. The summed E-state index contributed by atoms with van der Waals surface area (Å²) in [5, 5.41) is 1.18. The van der Waals surface area contributed by atoms with Crippen molar-refractivity contribution < 1.29 is 9.59 Å². The number of imide groups is 1. The maximum Gasteiger partial charge on any atom is 0.266 e. The van der Waals surface area contributed by atoms with Gasteiger partial charge in [0, 0.05) is 41.6 Å². The number of H-pyrrole nitrogens is 1. The van der Waals surface area contributed by atoms with Crippen LogP contribution in [0.5, 0.6) is 0 Å². The Bertz CT molecular complexity index is 1290. The SMILES string of the molecule is O=C1c2ccccc2C(C=NCCc2c[nH]c3ccccc23)C(=O)N1c1ccccn1. The molecule has 2 aromatic heterocycles. The monoisotopic (exact) mass is 408 g/mol. The van der Waals surface area contributed by atoms with E-state index in [-0.39, 0.29) is 11.8 Å². The molecule has 1 aliphatic heterocycles. The van der Waals surface area contributed by atoms with Gasteiger partial charge >= 0.3 is 0 Å². The predicted octanol–water partition coefficient (Wildman–Crippen LogP) is 4.15. The van der Waals surface area contributed by atoms with Gasteiger partial charge in [-0.1, -0.05) is 42.5 Å². The summed E-state index contributed by atoms with van der Waals surface area (Å²) in [6.07, 6.45) is 5.99. The van der Waals surface area contributed by atoms with E-state index in [0.29, 0.717) is 23.5 Å². The lowest BCUT2D eigenvalue weighted by Gasteiger charge is -2.30. The van der Waals surface area contributed by atoms with Crippen molar-refractivity contribution in [1.82, 2.24) is 9.97 Å². The van der Waals surface area contributed by atoms with Crippen LogP contribution in [0.25, 0.3) is 10.9 Å². The van der Waals surface area contributed by atoms with Crippen molar-refractivity contribution in [3.63, 3.8) is 0 Å². The molecular weight excluding hydrogens is 388 g/mol. The van der Waals surface area contributed by atoms with E-state index in [1.807, 2.05) is 36.5 Å². The summed E-state index contributed by atoms with van der Waals surface area (Å²) >= 11 is 0. The van der Waals surface area contributed by atoms with Gasteiger partial charge < -0.3 is 4.98 Å². The number of nitrogens with one attached hydrogen (secondary N) is 1. The number of aromatic nitrogens is 2. The lowest BCUT2D eigenvalue weighted by atomic mass is 9.89. The maximum absolute atomic E-state index is 13.3. The molecule has 0 radical (unpaired) electrons. The lowest BCUT2D eigenvalue weighted by molar-refractivity contribution is -0.118. The van der Waals surface area contributed by atoms with Gasteiger partial charge in [-0.25, -0.2) is 9.88 Å². The summed E-state index contributed by atoms with van der Waals surface area (Å²) in [4.78, 5) is 39.5. The number of rotatable bonds is 5. The fourth-order valence-corrected chi connectivity index (χ4v) is 4.01. The molecule has 0 saturated heterocycles. The fourth-order valence-electron chi connectivity index (χ4n) is 4.01. The summed E-state index contributed by atoms with van der Waals surface area (Å²) in [6, 6.07) is 20.5. The number of nitrogens with zero attached hydrogens (tertiary/aromatic N) is 3. The molecule has 2 amide bonds. The Morgan fingerprint density at radius 1 is 1.00 bits per heavy atom. The summed E-state index contributed by atoms with van der Waals surface area (Å²) in [5.41, 5.74) is 3.47. The van der Waals surface area contributed by atoms with Gasteiger partial charge in [0.2, 0.25) is 5.91 Å². The van der Waals surface area contributed by atoms with Crippen LogP contribution in [0.4, 0.5) is 5.82 Å². The van der Waals surface area contributed by atoms with E-state index in [1.165, 1.54) is 10.9 Å². The Labute approximate surface area is 179 Å². The number of pyridine rings is 1. The molecule has 0 saturated carbocycles. The Balaban J connectivity index is 1.41. The molecule has 1 unspecified atom stereocenters. The second-order valence-electron chi connectivity index (χ2n) is 7.40. The van der Waals surface area contributed by atoms with Crippen molar-refractivity contribution in [2.45, 2.75) is 12.3 Å². The average Bonchev–Trinajstić information content (AvgIpc) is 3.22. The van der Waals surface area contributed by atoms with E-state index < -0.39 is 5.92 Å². The summed E-state index contributed by atoms with van der Waals surface area (Å²) in [7, 11) is 0. The van der Waals surface area contributed by atoms with Crippen LogP contribution in [0, 0.1) is 0 Å². The zero-order valence-electron chi connectivity index (χ0n) is 16.7. The zero-order valence-corrected chi connectivity index (χ0v) is 16.7. The number of carbonyl (C=O) groups excluding carboxylic acids is 2. The number of carbonyl (C=O) groups is 2. The van der Waals surface area contributed by atoms with Gasteiger partial charge in [0.05, 0.1) is 5.92 Å². The third-order valence-corrected chi connectivity index (χ3v) is 5.53. The Hall–Kier alpha value is -4.06. The van der Waals surface area contributed by atoms with Gasteiger partial charge in [0.15, 0.2) is 0 Å². The summed E-state index contributed by atoms with van der Waals surface area (Å²) < 4.78 is 0. The van der Waals surface area contributed by atoms with Crippen LogP contribution in [0.1, 0.15) is 27.4 Å². The molecule has 4 aromatic rings. The minimum atomic E-state index is -0.626. The first kappa shape index (κ1) is 18.9. The molecule has 31 heavy (non-hydrogen) atoms. The highest BCUT2D eigenvalue weighted by Crippen LogP contribution is 2.31. The lowest BCUT2D eigenvalue weighted by Crippen LogP contribution is -2.46. The molecule has 0 fully saturated rings. The second kappa shape index (κ2) is 7.99. The predicted molar refractivity (Wildman–Crippen MR) is 121 cm³/mol. The van der Waals surface area contributed by atoms with E-state index in [9.17, 15) is 9.59 Å². The number of benzene rings is 2. The Kier molecular flexibility index (Phi) is 4.88. The zero-order chi connectivity index (χ0) is 21.2. The topological polar surface area (TPSA) is 78.4 Å². The standard InChI is InChI=1S/C25H20N4O2/c30-24-20-9-2-1-8-19(20)21(25(31)29(24)23-11-5-6-13-27-23)16-26-14-12-17-15-28-22-10-4-3-7-18(17)22/h1-11,13,15-16,21,28H,12,14H2. The van der Waals surface area contributed by atoms with Gasteiger partial charge in [-0.15, -0.1) is 0 Å². The van der Waals surface area contributed by atoms with E-state index in [4.69, 9.17) is 0 Å². The van der Waals surface area contributed by atoms with Crippen LogP contribution in [0.15, 0.2) is 84.1 Å². The van der Waals surface area contributed by atoms with Crippen LogP contribution >= 0.6 is 0 Å². The minimum absolute atomic E-state index is 0.323. The highest BCUT2D eigenvalue weighted by Gasteiger charge is 2.39. The molecule has 6 nitrogen and oxygen atoms in total. The fraction of sp³-hybridized carbons (Fsp3) is 0.120. The van der Waals surface area contributed by atoms with E-state index in [1.54, 1.807) is 42.7 Å². The quantitative estimate of drug-likeness (QED) is 0.398. The van der Waals surface area contributed by atoms with Gasteiger partial charge in [-0.2, -0.15) is 0 Å². The first-order valence-electron chi connectivity index (χ1n) is 10.2. The number of hydrogen-bond acceptors (Lipinski definition) is 4. The van der Waals surface area contributed by atoms with E-state index >= 15 is 0 Å². The molecule has 1 aliphatic rings. The van der Waals surface area contributed by atoms with Gasteiger partial charge in [0.1, 0.15) is 5.82 Å². The second-order valence-corrected chi connectivity index (χ2v) is 7.40. The number of aromatic amines is 1. The Morgan fingerprint density at radius 2 is 1.81 bits per heavy atom. The average molecular weight is 408 g/mol. The van der Waals surface area contributed by atoms with Gasteiger partial charge in [-0.05, 0) is 41.8 Å². The number of amides is 2. The molecular formula is C25H20N4O2. The van der Waals surface area contributed by atoms with Gasteiger partial charge in [-0.3, -0.25) is 14.6 Å². The van der Waals surface area contributed by atoms with Crippen LogP contribution in [0.2, 0.25) is 0 Å². The van der Waals surface area contributed by atoms with Crippen molar-refractivity contribution in [3.05, 3.63) is 95.8 Å². The van der Waals surface area contributed by atoms with Crippen molar-refractivity contribution in [2.75, 3.05) is 11.4 Å². The van der Waals surface area contributed by atoms with Gasteiger partial charge in [0.25, 0.3) is 5.91 Å². The number of aliphatic imine (C=N–C) groups is 1. The van der Waals surface area contributed by atoms with Crippen molar-refractivity contribution in [2.24, 2.45) is 4.99 Å². The van der Waals surface area contributed by atoms with E-state index in [2.05, 4.69) is 21.0 Å². The minimum Gasteiger partial charge on any atom is -0.361 e. The van der Waals surface area contributed by atoms with E-state index in [0.717, 1.165) is 16.8 Å². The van der Waals surface area contributed by atoms with Crippen LogP contribution in [0.3, 0.4) is 0 Å². The van der Waals surface area contributed by atoms with Crippen molar-refractivity contribution >= 4 is 34.7 Å². The third kappa shape index (κ3) is 3.42.